The molecule has 0 aromatic heterocycles. The molecule has 0 atom stereocenters. The van der Waals surface area contributed by atoms with E-state index in [9.17, 15) is 19.2 Å². The van der Waals surface area contributed by atoms with Crippen LogP contribution >= 0.6 is 0 Å². The summed E-state index contributed by atoms with van der Waals surface area (Å²) in [4.78, 5) is 56.4. The number of nitrogens with zero attached hydrogens (tertiary/aromatic N) is 2. The molecule has 3 rings (SSSR count). The van der Waals surface area contributed by atoms with Crippen molar-refractivity contribution in [2.24, 2.45) is 0 Å². The van der Waals surface area contributed by atoms with Gasteiger partial charge in [0.1, 0.15) is 18.7 Å². The molecular weight excluding hydrogens is 392 g/mol. The molecule has 2 aliphatic rings. The van der Waals surface area contributed by atoms with Crippen LogP contribution < -0.4 is 10.8 Å². The number of benzene rings is 1. The van der Waals surface area contributed by atoms with Crippen molar-refractivity contribution in [1.82, 2.24) is 20.6 Å². The second-order valence-corrected chi connectivity index (χ2v) is 7.06. The molecule has 2 aliphatic heterocycles. The van der Waals surface area contributed by atoms with Crippen LogP contribution in [-0.4, -0.2) is 65.5 Å². The summed E-state index contributed by atoms with van der Waals surface area (Å²) in [6, 6.07) is 8.68. The molecular formula is C20H24N4O6. The Bertz CT molecular complexity index is 820. The highest BCUT2D eigenvalue weighted by atomic mass is 16.6. The first-order valence-electron chi connectivity index (χ1n) is 9.56. The van der Waals surface area contributed by atoms with Crippen LogP contribution in [0.5, 0.6) is 0 Å². The first-order valence-corrected chi connectivity index (χ1v) is 9.56. The predicted octanol–water partition coefficient (Wildman–Crippen LogP) is 0.943. The number of rotatable bonds is 7. The van der Waals surface area contributed by atoms with Crippen molar-refractivity contribution < 1.29 is 28.8 Å². The quantitative estimate of drug-likeness (QED) is 0.296. The van der Waals surface area contributed by atoms with E-state index in [2.05, 4.69) is 17.4 Å². The standard InChI is InChI=1S/C20H24N4O6/c1-2-12-30-22-16(25)13-24-17(26)20(21-18(24)27)8-10-23(11-9-20)19(28)29-14-15-6-4-3-5-7-15/h2-7H,1,8-14H2,(H,21,27)(H,22,25). The van der Waals surface area contributed by atoms with Gasteiger partial charge in [0.2, 0.25) is 0 Å². The predicted molar refractivity (Wildman–Crippen MR) is 105 cm³/mol. The number of hydroxylamine groups is 1. The molecule has 0 unspecified atom stereocenters. The van der Waals surface area contributed by atoms with Gasteiger partial charge >= 0.3 is 12.1 Å². The maximum atomic E-state index is 12.8. The summed E-state index contributed by atoms with van der Waals surface area (Å²) < 4.78 is 5.32. The van der Waals surface area contributed by atoms with E-state index in [0.717, 1.165) is 10.5 Å². The summed E-state index contributed by atoms with van der Waals surface area (Å²) in [5.41, 5.74) is 1.90. The highest BCUT2D eigenvalue weighted by Gasteiger charge is 2.53. The van der Waals surface area contributed by atoms with Crippen molar-refractivity contribution in [2.75, 3.05) is 26.2 Å². The topological polar surface area (TPSA) is 117 Å². The summed E-state index contributed by atoms with van der Waals surface area (Å²) in [5, 5.41) is 2.68. The van der Waals surface area contributed by atoms with E-state index in [1.54, 1.807) is 0 Å². The van der Waals surface area contributed by atoms with Gasteiger partial charge in [-0.3, -0.25) is 19.3 Å². The number of amides is 5. The van der Waals surface area contributed by atoms with Crippen molar-refractivity contribution in [3.05, 3.63) is 48.6 Å². The smallest absolute Gasteiger partial charge is 0.410 e. The SMILES string of the molecule is C=CCONC(=O)CN1C(=O)NC2(CCN(C(=O)OCc3ccccc3)CC2)C1=O. The minimum atomic E-state index is -1.12. The molecule has 0 saturated carbocycles. The fourth-order valence-corrected chi connectivity index (χ4v) is 3.40. The molecule has 2 N–H and O–H groups in total. The number of piperidine rings is 1. The van der Waals surface area contributed by atoms with Crippen molar-refractivity contribution in [3.63, 3.8) is 0 Å². The molecule has 2 heterocycles. The van der Waals surface area contributed by atoms with E-state index in [1.165, 1.54) is 11.0 Å². The first kappa shape index (κ1) is 21.3. The third kappa shape index (κ3) is 4.77. The number of ether oxygens (including phenoxy) is 1. The molecule has 10 heteroatoms. The fourth-order valence-electron chi connectivity index (χ4n) is 3.40. The Labute approximate surface area is 173 Å². The van der Waals surface area contributed by atoms with Gasteiger partial charge in [0.15, 0.2) is 0 Å². The van der Waals surface area contributed by atoms with Crippen LogP contribution in [0.1, 0.15) is 18.4 Å². The maximum absolute atomic E-state index is 12.8. The molecule has 10 nitrogen and oxygen atoms in total. The number of urea groups is 1. The monoisotopic (exact) mass is 416 g/mol. The molecule has 160 valence electrons. The van der Waals surface area contributed by atoms with Crippen LogP contribution in [0.2, 0.25) is 0 Å². The molecule has 30 heavy (non-hydrogen) atoms. The summed E-state index contributed by atoms with van der Waals surface area (Å²) in [6.45, 7) is 3.76. The Morgan fingerprint density at radius 2 is 1.90 bits per heavy atom. The molecule has 0 bridgehead atoms. The van der Waals surface area contributed by atoms with E-state index >= 15 is 0 Å². The minimum Gasteiger partial charge on any atom is -0.445 e. The number of carbonyl (C=O) groups is 4. The largest absolute Gasteiger partial charge is 0.445 e. The average molecular weight is 416 g/mol. The number of nitrogens with one attached hydrogen (secondary N) is 2. The minimum absolute atomic E-state index is 0.103. The van der Waals surface area contributed by atoms with E-state index in [1.807, 2.05) is 30.3 Å². The normalized spacial score (nSPS) is 17.6. The zero-order valence-corrected chi connectivity index (χ0v) is 16.5. The second kappa shape index (κ2) is 9.40. The van der Waals surface area contributed by atoms with Crippen molar-refractivity contribution >= 4 is 23.9 Å². The summed E-state index contributed by atoms with van der Waals surface area (Å²) in [5.74, 6) is -1.11. The molecule has 0 aliphatic carbocycles. The highest BCUT2D eigenvalue weighted by molar-refractivity contribution is 6.09. The molecule has 2 saturated heterocycles. The molecule has 1 aromatic carbocycles. The third-order valence-corrected chi connectivity index (χ3v) is 5.02. The average Bonchev–Trinajstić information content (AvgIpc) is 2.97. The summed E-state index contributed by atoms with van der Waals surface area (Å²) in [7, 11) is 0. The van der Waals surface area contributed by atoms with E-state index < -0.39 is 36.0 Å². The summed E-state index contributed by atoms with van der Waals surface area (Å²) >= 11 is 0. The zero-order valence-electron chi connectivity index (χ0n) is 16.5. The van der Waals surface area contributed by atoms with E-state index in [-0.39, 0.29) is 39.1 Å². The van der Waals surface area contributed by atoms with Crippen LogP contribution in [0.25, 0.3) is 0 Å². The van der Waals surface area contributed by atoms with Gasteiger partial charge in [-0.15, -0.1) is 6.58 Å². The Hall–Kier alpha value is -3.40. The molecule has 1 aromatic rings. The lowest BCUT2D eigenvalue weighted by Gasteiger charge is -2.36. The van der Waals surface area contributed by atoms with Gasteiger partial charge in [-0.2, -0.15) is 0 Å². The number of hydrogen-bond acceptors (Lipinski definition) is 6. The van der Waals surface area contributed by atoms with Gasteiger partial charge in [0.25, 0.3) is 11.8 Å². The number of carbonyl (C=O) groups excluding carboxylic acids is 4. The Morgan fingerprint density at radius 1 is 1.20 bits per heavy atom. The summed E-state index contributed by atoms with van der Waals surface area (Å²) in [6.07, 6.45) is 1.45. The van der Waals surface area contributed by atoms with Gasteiger partial charge in [0.05, 0.1) is 6.61 Å². The highest BCUT2D eigenvalue weighted by Crippen LogP contribution is 2.29. The van der Waals surface area contributed by atoms with Gasteiger partial charge in [-0.1, -0.05) is 36.4 Å². The number of likely N-dealkylation sites (tertiary alicyclic amines) is 1. The fraction of sp³-hybridized carbons (Fsp3) is 0.400. The van der Waals surface area contributed by atoms with Gasteiger partial charge in [-0.25, -0.2) is 15.1 Å². The number of hydrogen-bond donors (Lipinski definition) is 2. The van der Waals surface area contributed by atoms with E-state index in [0.29, 0.717) is 0 Å². The number of imide groups is 1. The van der Waals surface area contributed by atoms with E-state index in [4.69, 9.17) is 9.57 Å². The molecule has 0 radical (unpaired) electrons. The van der Waals surface area contributed by atoms with Crippen LogP contribution in [0, 0.1) is 0 Å². The second-order valence-electron chi connectivity index (χ2n) is 7.06. The molecule has 1 spiro atoms. The van der Waals surface area contributed by atoms with Crippen LogP contribution in [0.4, 0.5) is 9.59 Å². The van der Waals surface area contributed by atoms with Crippen molar-refractivity contribution in [1.29, 1.82) is 0 Å². The van der Waals surface area contributed by atoms with Crippen molar-refractivity contribution in [3.8, 4) is 0 Å². The Morgan fingerprint density at radius 3 is 2.57 bits per heavy atom. The van der Waals surface area contributed by atoms with Crippen LogP contribution in [-0.2, 0) is 25.8 Å². The lowest BCUT2D eigenvalue weighted by molar-refractivity contribution is -0.140. The van der Waals surface area contributed by atoms with Crippen molar-refractivity contribution in [2.45, 2.75) is 25.0 Å². The van der Waals surface area contributed by atoms with Gasteiger partial charge in [0, 0.05) is 13.1 Å². The lowest BCUT2D eigenvalue weighted by Crippen LogP contribution is -2.56. The third-order valence-electron chi connectivity index (χ3n) is 5.02. The van der Waals surface area contributed by atoms with Crippen LogP contribution in [0.15, 0.2) is 43.0 Å². The first-order chi connectivity index (χ1) is 14.4. The Kier molecular flexibility index (Phi) is 6.68. The van der Waals surface area contributed by atoms with Gasteiger partial charge in [-0.05, 0) is 18.4 Å². The lowest BCUT2D eigenvalue weighted by atomic mass is 9.87. The van der Waals surface area contributed by atoms with Crippen LogP contribution in [0.3, 0.4) is 0 Å². The maximum Gasteiger partial charge on any atom is 0.410 e. The zero-order chi connectivity index (χ0) is 21.6. The Balaban J connectivity index is 1.51. The molecule has 2 fully saturated rings. The molecule has 5 amide bonds. The van der Waals surface area contributed by atoms with Gasteiger partial charge < -0.3 is 15.0 Å².